The van der Waals surface area contributed by atoms with Gasteiger partial charge in [-0.1, -0.05) is 19.1 Å². The first kappa shape index (κ1) is 18.5. The Hall–Kier alpha value is -2.24. The molecule has 3 rings (SSSR count). The number of likely N-dealkylation sites (tertiary alicyclic amines) is 1. The van der Waals surface area contributed by atoms with Gasteiger partial charge in [0.1, 0.15) is 5.75 Å². The number of rotatable bonds is 7. The minimum atomic E-state index is -0.0478. The molecule has 6 heteroatoms. The van der Waals surface area contributed by atoms with Crippen molar-refractivity contribution < 1.29 is 9.53 Å². The van der Waals surface area contributed by atoms with Gasteiger partial charge in [-0.25, -0.2) is 0 Å². The summed E-state index contributed by atoms with van der Waals surface area (Å²) in [6, 6.07) is 8.21. The molecule has 1 saturated carbocycles. The van der Waals surface area contributed by atoms with E-state index in [0.29, 0.717) is 30.2 Å². The van der Waals surface area contributed by atoms with Crippen LogP contribution in [0.5, 0.6) is 5.75 Å². The Morgan fingerprint density at radius 1 is 1.31 bits per heavy atom. The molecular weight excluding hydrogens is 328 g/mol. The fourth-order valence-electron chi connectivity index (χ4n) is 3.20. The number of ether oxygens (including phenoxy) is 1. The SMILES string of the molecule is CC1CCCN(C(N)=NCCc2ccc(OCC(=O)NC3CC3)cc2)C1. The van der Waals surface area contributed by atoms with Crippen LogP contribution in [0.1, 0.15) is 38.2 Å². The second kappa shape index (κ2) is 8.92. The number of carbonyl (C=O) groups excluding carboxylic acids is 1. The summed E-state index contributed by atoms with van der Waals surface area (Å²) in [7, 11) is 0. The Balaban J connectivity index is 1.39. The molecule has 2 aliphatic rings. The van der Waals surface area contributed by atoms with Crippen molar-refractivity contribution in [3.05, 3.63) is 29.8 Å². The molecule has 1 aliphatic heterocycles. The molecule has 1 aliphatic carbocycles. The van der Waals surface area contributed by atoms with Crippen molar-refractivity contribution in [2.75, 3.05) is 26.2 Å². The van der Waals surface area contributed by atoms with Crippen molar-refractivity contribution in [3.8, 4) is 5.75 Å². The Kier molecular flexibility index (Phi) is 6.36. The van der Waals surface area contributed by atoms with Crippen molar-refractivity contribution in [1.29, 1.82) is 0 Å². The zero-order chi connectivity index (χ0) is 18.4. The Morgan fingerprint density at radius 3 is 2.77 bits per heavy atom. The van der Waals surface area contributed by atoms with Crippen LogP contribution in [0.4, 0.5) is 0 Å². The lowest BCUT2D eigenvalue weighted by molar-refractivity contribution is -0.123. The van der Waals surface area contributed by atoms with E-state index < -0.39 is 0 Å². The van der Waals surface area contributed by atoms with E-state index >= 15 is 0 Å². The third-order valence-electron chi connectivity index (χ3n) is 4.89. The minimum absolute atomic E-state index is 0.0478. The third-order valence-corrected chi connectivity index (χ3v) is 4.89. The highest BCUT2D eigenvalue weighted by atomic mass is 16.5. The van der Waals surface area contributed by atoms with Gasteiger partial charge in [0.05, 0.1) is 0 Å². The molecule has 2 fully saturated rings. The van der Waals surface area contributed by atoms with E-state index in [4.69, 9.17) is 10.5 Å². The third kappa shape index (κ3) is 5.93. The summed E-state index contributed by atoms with van der Waals surface area (Å²) >= 11 is 0. The zero-order valence-corrected chi connectivity index (χ0v) is 15.6. The van der Waals surface area contributed by atoms with Crippen LogP contribution in [-0.2, 0) is 11.2 Å². The predicted molar refractivity (Wildman–Crippen MR) is 103 cm³/mol. The number of amides is 1. The highest BCUT2D eigenvalue weighted by Crippen LogP contribution is 2.18. The molecule has 1 saturated heterocycles. The van der Waals surface area contributed by atoms with Crippen molar-refractivity contribution in [2.24, 2.45) is 16.6 Å². The number of benzene rings is 1. The van der Waals surface area contributed by atoms with Gasteiger partial charge in [0.15, 0.2) is 12.6 Å². The second-order valence-corrected chi connectivity index (χ2v) is 7.46. The van der Waals surface area contributed by atoms with Crippen molar-refractivity contribution in [2.45, 2.75) is 45.1 Å². The quantitative estimate of drug-likeness (QED) is 0.577. The normalized spacial score (nSPS) is 20.7. The molecule has 0 spiro atoms. The maximum atomic E-state index is 11.6. The number of piperidine rings is 1. The van der Waals surface area contributed by atoms with Gasteiger partial charge in [-0.05, 0) is 55.7 Å². The van der Waals surface area contributed by atoms with Crippen molar-refractivity contribution in [1.82, 2.24) is 10.2 Å². The number of hydrogen-bond acceptors (Lipinski definition) is 3. The van der Waals surface area contributed by atoms with Crippen LogP contribution in [0.3, 0.4) is 0 Å². The monoisotopic (exact) mass is 358 g/mol. The van der Waals surface area contributed by atoms with Crippen LogP contribution >= 0.6 is 0 Å². The molecule has 1 aromatic carbocycles. The summed E-state index contributed by atoms with van der Waals surface area (Å²) in [6.07, 6.45) is 5.49. The van der Waals surface area contributed by atoms with E-state index in [1.807, 2.05) is 24.3 Å². The van der Waals surface area contributed by atoms with Crippen LogP contribution in [0.25, 0.3) is 0 Å². The van der Waals surface area contributed by atoms with Crippen molar-refractivity contribution >= 4 is 11.9 Å². The lowest BCUT2D eigenvalue weighted by Gasteiger charge is -2.31. The van der Waals surface area contributed by atoms with Crippen molar-refractivity contribution in [3.63, 3.8) is 0 Å². The average Bonchev–Trinajstić information content (AvgIpc) is 3.45. The fraction of sp³-hybridized carbons (Fsp3) is 0.600. The largest absolute Gasteiger partial charge is 0.484 e. The van der Waals surface area contributed by atoms with Gasteiger partial charge in [0.25, 0.3) is 5.91 Å². The molecule has 1 amide bonds. The maximum absolute atomic E-state index is 11.6. The average molecular weight is 358 g/mol. The van der Waals surface area contributed by atoms with Crippen LogP contribution < -0.4 is 15.8 Å². The molecule has 1 unspecified atom stereocenters. The number of carbonyl (C=O) groups is 1. The first-order valence-corrected chi connectivity index (χ1v) is 9.66. The van der Waals surface area contributed by atoms with Crippen LogP contribution in [-0.4, -0.2) is 49.0 Å². The molecule has 1 heterocycles. The van der Waals surface area contributed by atoms with E-state index in [1.165, 1.54) is 18.4 Å². The van der Waals surface area contributed by atoms with Gasteiger partial charge < -0.3 is 20.7 Å². The molecule has 0 aromatic heterocycles. The van der Waals surface area contributed by atoms with E-state index in [-0.39, 0.29) is 12.5 Å². The Labute approximate surface area is 155 Å². The van der Waals surface area contributed by atoms with Crippen LogP contribution in [0.2, 0.25) is 0 Å². The van der Waals surface area contributed by atoms with Gasteiger partial charge in [-0.3, -0.25) is 9.79 Å². The van der Waals surface area contributed by atoms with Gasteiger partial charge in [0, 0.05) is 25.7 Å². The van der Waals surface area contributed by atoms with E-state index in [9.17, 15) is 4.79 Å². The molecule has 0 radical (unpaired) electrons. The molecule has 1 atom stereocenters. The predicted octanol–water partition coefficient (Wildman–Crippen LogP) is 1.93. The summed E-state index contributed by atoms with van der Waals surface area (Å²) in [5, 5.41) is 2.91. The summed E-state index contributed by atoms with van der Waals surface area (Å²) < 4.78 is 5.52. The topological polar surface area (TPSA) is 79.9 Å². The number of guanidine groups is 1. The molecule has 26 heavy (non-hydrogen) atoms. The summed E-state index contributed by atoms with van der Waals surface area (Å²) in [4.78, 5) is 18.3. The molecule has 6 nitrogen and oxygen atoms in total. The van der Waals surface area contributed by atoms with E-state index in [2.05, 4.69) is 22.1 Å². The molecule has 1 aromatic rings. The Morgan fingerprint density at radius 2 is 2.08 bits per heavy atom. The van der Waals surface area contributed by atoms with Gasteiger partial charge in [0.2, 0.25) is 0 Å². The van der Waals surface area contributed by atoms with Crippen LogP contribution in [0, 0.1) is 5.92 Å². The molecular formula is C20H30N4O2. The first-order valence-electron chi connectivity index (χ1n) is 9.66. The number of nitrogens with one attached hydrogen (secondary N) is 1. The fourth-order valence-corrected chi connectivity index (χ4v) is 3.20. The number of nitrogens with two attached hydrogens (primary N) is 1. The molecule has 3 N–H and O–H groups in total. The second-order valence-electron chi connectivity index (χ2n) is 7.46. The van der Waals surface area contributed by atoms with Gasteiger partial charge in [-0.2, -0.15) is 0 Å². The summed E-state index contributed by atoms with van der Waals surface area (Å²) in [5.41, 5.74) is 7.31. The number of nitrogens with zero attached hydrogens (tertiary/aromatic N) is 2. The highest BCUT2D eigenvalue weighted by Gasteiger charge is 2.23. The maximum Gasteiger partial charge on any atom is 0.258 e. The Bertz CT molecular complexity index is 625. The van der Waals surface area contributed by atoms with Crippen LogP contribution in [0.15, 0.2) is 29.3 Å². The molecule has 0 bridgehead atoms. The lowest BCUT2D eigenvalue weighted by Crippen LogP contribution is -2.43. The standard InChI is InChI=1S/C20H30N4O2/c1-15-3-2-12-24(13-15)20(21)22-11-10-16-4-8-18(9-5-16)26-14-19(25)23-17-6-7-17/h4-5,8-9,15,17H,2-3,6-7,10-14H2,1H3,(H2,21,22)(H,23,25). The zero-order valence-electron chi connectivity index (χ0n) is 15.6. The summed E-state index contributed by atoms with van der Waals surface area (Å²) in [6.45, 7) is 5.04. The number of hydrogen-bond donors (Lipinski definition) is 2. The van der Waals surface area contributed by atoms with E-state index in [0.717, 1.165) is 32.4 Å². The smallest absolute Gasteiger partial charge is 0.258 e. The highest BCUT2D eigenvalue weighted by molar-refractivity contribution is 5.78. The van der Waals surface area contributed by atoms with Gasteiger partial charge >= 0.3 is 0 Å². The van der Waals surface area contributed by atoms with E-state index in [1.54, 1.807) is 0 Å². The summed E-state index contributed by atoms with van der Waals surface area (Å²) in [5.74, 6) is 2.02. The first-order chi connectivity index (χ1) is 12.6. The molecule has 142 valence electrons. The minimum Gasteiger partial charge on any atom is -0.484 e. The van der Waals surface area contributed by atoms with Gasteiger partial charge in [-0.15, -0.1) is 0 Å². The lowest BCUT2D eigenvalue weighted by atomic mass is 10.0. The number of aliphatic imine (C=N–C) groups is 1.